The molecule has 2 aliphatic rings. The van der Waals surface area contributed by atoms with Crippen molar-refractivity contribution in [3.63, 3.8) is 0 Å². The monoisotopic (exact) mass is 336 g/mol. The molecule has 3 rings (SSSR count). The molecule has 1 aromatic rings. The minimum atomic E-state index is -0.470. The lowest BCUT2D eigenvalue weighted by molar-refractivity contribution is -0.127. The quantitative estimate of drug-likeness (QED) is 0.907. The lowest BCUT2D eigenvalue weighted by atomic mass is 9.91. The third-order valence-corrected chi connectivity index (χ3v) is 4.88. The summed E-state index contributed by atoms with van der Waals surface area (Å²) >= 11 is 0. The Morgan fingerprint density at radius 2 is 1.96 bits per heavy atom. The van der Waals surface area contributed by atoms with Gasteiger partial charge in [-0.1, -0.05) is 0 Å². The number of nitrogens with zero attached hydrogens (tertiary/aromatic N) is 3. The average molecular weight is 336 g/mol. The van der Waals surface area contributed by atoms with Crippen LogP contribution >= 0.6 is 0 Å². The zero-order chi connectivity index (χ0) is 16.9. The Labute approximate surface area is 141 Å². The summed E-state index contributed by atoms with van der Waals surface area (Å²) in [6.07, 6.45) is 7.78. The molecule has 1 aromatic heterocycles. The van der Waals surface area contributed by atoms with Gasteiger partial charge in [-0.3, -0.25) is 4.79 Å². The summed E-state index contributed by atoms with van der Waals surface area (Å²) in [6.45, 7) is 1.93. The number of hydrogen-bond acceptors (Lipinski definition) is 5. The van der Waals surface area contributed by atoms with Crippen LogP contribution in [0.1, 0.15) is 38.5 Å². The smallest absolute Gasteiger partial charge is 0.316 e. The van der Waals surface area contributed by atoms with Gasteiger partial charge in [-0.25, -0.2) is 14.4 Å². The van der Waals surface area contributed by atoms with Crippen LogP contribution in [0.3, 0.4) is 0 Å². The van der Waals surface area contributed by atoms with E-state index in [0.717, 1.165) is 64.0 Å². The molecular formula is C17H25FN4O2. The summed E-state index contributed by atoms with van der Waals surface area (Å²) in [5.74, 6) is -0.166. The minimum absolute atomic E-state index is 0.0319. The number of halogens is 1. The molecule has 0 aromatic carbocycles. The van der Waals surface area contributed by atoms with Crippen molar-refractivity contribution in [1.29, 1.82) is 0 Å². The molecule has 1 N–H and O–H groups in total. The maximum Gasteiger partial charge on any atom is 0.316 e. The van der Waals surface area contributed by atoms with Crippen LogP contribution in [-0.2, 0) is 4.79 Å². The highest BCUT2D eigenvalue weighted by molar-refractivity contribution is 5.79. The molecule has 7 heteroatoms. The van der Waals surface area contributed by atoms with E-state index in [1.165, 1.54) is 0 Å². The molecular weight excluding hydrogens is 311 g/mol. The average Bonchev–Trinajstić information content (AvgIpc) is 2.59. The molecule has 2 fully saturated rings. The fraction of sp³-hybridized carbons (Fsp3) is 0.706. The van der Waals surface area contributed by atoms with Gasteiger partial charge in [0.25, 0.3) is 0 Å². The van der Waals surface area contributed by atoms with Gasteiger partial charge >= 0.3 is 6.01 Å². The van der Waals surface area contributed by atoms with Crippen molar-refractivity contribution in [2.75, 3.05) is 20.1 Å². The molecule has 1 amide bonds. The minimum Gasteiger partial charge on any atom is -0.460 e. The summed E-state index contributed by atoms with van der Waals surface area (Å²) in [7, 11) is 2.07. The molecule has 1 aliphatic carbocycles. The number of piperidine rings is 1. The maximum atomic E-state index is 12.8. The topological polar surface area (TPSA) is 67.4 Å². The summed E-state index contributed by atoms with van der Waals surface area (Å²) in [5.41, 5.74) is 0. The highest BCUT2D eigenvalue weighted by Crippen LogP contribution is 2.23. The number of rotatable bonds is 4. The van der Waals surface area contributed by atoms with Crippen LogP contribution in [0.4, 0.5) is 4.39 Å². The van der Waals surface area contributed by atoms with E-state index in [1.54, 1.807) is 0 Å². The van der Waals surface area contributed by atoms with Crippen LogP contribution < -0.4 is 10.1 Å². The predicted molar refractivity (Wildman–Crippen MR) is 87.0 cm³/mol. The van der Waals surface area contributed by atoms with E-state index in [9.17, 15) is 9.18 Å². The Morgan fingerprint density at radius 3 is 2.62 bits per heavy atom. The molecule has 6 nitrogen and oxygen atoms in total. The first-order valence-electron chi connectivity index (χ1n) is 8.73. The maximum absolute atomic E-state index is 12.8. The van der Waals surface area contributed by atoms with E-state index in [4.69, 9.17) is 4.74 Å². The number of carbonyl (C=O) groups is 1. The van der Waals surface area contributed by atoms with E-state index in [2.05, 4.69) is 27.2 Å². The van der Waals surface area contributed by atoms with E-state index < -0.39 is 5.82 Å². The molecule has 2 heterocycles. The number of nitrogens with one attached hydrogen (secondary N) is 1. The predicted octanol–water partition coefficient (Wildman–Crippen LogP) is 1.76. The fourth-order valence-electron chi connectivity index (χ4n) is 3.53. The van der Waals surface area contributed by atoms with Crippen LogP contribution in [-0.4, -0.2) is 53.1 Å². The van der Waals surface area contributed by atoms with Crippen molar-refractivity contribution in [2.45, 2.75) is 50.7 Å². The number of hydrogen-bond donors (Lipinski definition) is 1. The Morgan fingerprint density at radius 1 is 1.25 bits per heavy atom. The lowest BCUT2D eigenvalue weighted by Crippen LogP contribution is -2.46. The Hall–Kier alpha value is -1.76. The standard InChI is InChI=1S/C17H25FN4O2/c1-22-8-2-3-12(11-22)16(23)21-14-4-6-15(7-5-14)24-17-19-9-13(18)10-20-17/h9-10,12,14-15H,2-8,11H2,1H3,(H,21,23). The second kappa shape index (κ2) is 7.88. The molecule has 1 unspecified atom stereocenters. The van der Waals surface area contributed by atoms with Gasteiger partial charge in [0.2, 0.25) is 5.91 Å². The molecule has 1 atom stereocenters. The van der Waals surface area contributed by atoms with Gasteiger partial charge in [-0.2, -0.15) is 0 Å². The van der Waals surface area contributed by atoms with E-state index in [-0.39, 0.29) is 30.0 Å². The summed E-state index contributed by atoms with van der Waals surface area (Å²) in [6, 6.07) is 0.438. The van der Waals surface area contributed by atoms with Crippen molar-refractivity contribution in [1.82, 2.24) is 20.2 Å². The van der Waals surface area contributed by atoms with Crippen LogP contribution in [0.2, 0.25) is 0 Å². The third kappa shape index (κ3) is 4.63. The first-order chi connectivity index (χ1) is 11.6. The van der Waals surface area contributed by atoms with Crippen molar-refractivity contribution in [2.24, 2.45) is 5.92 Å². The van der Waals surface area contributed by atoms with Gasteiger partial charge in [0.15, 0.2) is 5.82 Å². The molecule has 1 saturated heterocycles. The summed E-state index contributed by atoms with van der Waals surface area (Å²) in [4.78, 5) is 22.3. The van der Waals surface area contributed by atoms with Gasteiger partial charge in [0.05, 0.1) is 18.3 Å². The largest absolute Gasteiger partial charge is 0.460 e. The van der Waals surface area contributed by atoms with Gasteiger partial charge in [0, 0.05) is 12.6 Å². The second-order valence-corrected chi connectivity index (χ2v) is 6.89. The second-order valence-electron chi connectivity index (χ2n) is 6.89. The first kappa shape index (κ1) is 17.1. The Kier molecular flexibility index (Phi) is 5.60. The van der Waals surface area contributed by atoms with E-state index in [0.29, 0.717) is 0 Å². The summed E-state index contributed by atoms with van der Waals surface area (Å²) in [5, 5.41) is 3.20. The van der Waals surface area contributed by atoms with Crippen LogP contribution in [0.25, 0.3) is 0 Å². The van der Waals surface area contributed by atoms with Gasteiger partial charge < -0.3 is 15.0 Å². The normalized spacial score (nSPS) is 28.3. The fourth-order valence-corrected chi connectivity index (χ4v) is 3.53. The zero-order valence-electron chi connectivity index (χ0n) is 14.1. The van der Waals surface area contributed by atoms with Gasteiger partial charge in [-0.05, 0) is 52.1 Å². The van der Waals surface area contributed by atoms with E-state index in [1.807, 2.05) is 0 Å². The molecule has 132 valence electrons. The molecule has 24 heavy (non-hydrogen) atoms. The highest BCUT2D eigenvalue weighted by atomic mass is 19.1. The number of carbonyl (C=O) groups excluding carboxylic acids is 1. The molecule has 0 spiro atoms. The lowest BCUT2D eigenvalue weighted by Gasteiger charge is -2.32. The first-order valence-corrected chi connectivity index (χ1v) is 8.73. The van der Waals surface area contributed by atoms with Crippen LogP contribution in [0.15, 0.2) is 12.4 Å². The Balaban J connectivity index is 1.41. The van der Waals surface area contributed by atoms with E-state index >= 15 is 0 Å². The third-order valence-electron chi connectivity index (χ3n) is 4.88. The van der Waals surface area contributed by atoms with Gasteiger partial charge in [0.1, 0.15) is 6.10 Å². The number of aromatic nitrogens is 2. The molecule has 0 radical (unpaired) electrons. The van der Waals surface area contributed by atoms with Crippen molar-refractivity contribution < 1.29 is 13.9 Å². The van der Waals surface area contributed by atoms with Crippen LogP contribution in [0, 0.1) is 11.7 Å². The number of amides is 1. The van der Waals surface area contributed by atoms with Gasteiger partial charge in [-0.15, -0.1) is 0 Å². The molecule has 1 aliphatic heterocycles. The van der Waals surface area contributed by atoms with Crippen molar-refractivity contribution in [3.05, 3.63) is 18.2 Å². The highest BCUT2D eigenvalue weighted by Gasteiger charge is 2.28. The number of ether oxygens (including phenoxy) is 1. The van der Waals surface area contributed by atoms with Crippen LogP contribution in [0.5, 0.6) is 6.01 Å². The Bertz CT molecular complexity index is 546. The number of likely N-dealkylation sites (tertiary alicyclic amines) is 1. The summed E-state index contributed by atoms with van der Waals surface area (Å²) < 4.78 is 18.5. The molecule has 1 saturated carbocycles. The van der Waals surface area contributed by atoms with Crippen molar-refractivity contribution >= 4 is 5.91 Å². The molecule has 0 bridgehead atoms. The SMILES string of the molecule is CN1CCCC(C(=O)NC2CCC(Oc3ncc(F)cn3)CC2)C1. The zero-order valence-corrected chi connectivity index (χ0v) is 14.1. The van der Waals surface area contributed by atoms with Crippen molar-refractivity contribution in [3.8, 4) is 6.01 Å².